The maximum absolute atomic E-state index is 11.1. The Hall–Kier alpha value is -2.48. The van der Waals surface area contributed by atoms with Crippen LogP contribution >= 0.6 is 0 Å². The van der Waals surface area contributed by atoms with Crippen LogP contribution in [0.2, 0.25) is 0 Å². The molecule has 8 nitrogen and oxygen atoms in total. The number of rotatable bonds is 6. The van der Waals surface area contributed by atoms with Crippen LogP contribution < -0.4 is 10.6 Å². The summed E-state index contributed by atoms with van der Waals surface area (Å²) in [6.07, 6.45) is 3.05. The van der Waals surface area contributed by atoms with Crippen LogP contribution in [-0.2, 0) is 4.79 Å². The van der Waals surface area contributed by atoms with Crippen molar-refractivity contribution in [1.29, 1.82) is 0 Å². The van der Waals surface area contributed by atoms with Gasteiger partial charge >= 0.3 is 5.97 Å². The molecule has 0 aliphatic heterocycles. The summed E-state index contributed by atoms with van der Waals surface area (Å²) in [6, 6.07) is 2.00. The number of carboxylic acid groups (broad SMARTS) is 1. The Labute approximate surface area is 152 Å². The third kappa shape index (κ3) is 4.01. The number of aliphatic carboxylic acids is 1. The normalized spacial score (nSPS) is 21.1. The van der Waals surface area contributed by atoms with Gasteiger partial charge in [0.1, 0.15) is 5.52 Å². The summed E-state index contributed by atoms with van der Waals surface area (Å²) in [5.74, 6) is 0.0222. The first-order valence-electron chi connectivity index (χ1n) is 8.95. The smallest absolute Gasteiger partial charge is 0.306 e. The monoisotopic (exact) mass is 359 g/mol. The summed E-state index contributed by atoms with van der Waals surface area (Å²) >= 11 is 0. The summed E-state index contributed by atoms with van der Waals surface area (Å²) in [4.78, 5) is 24.5. The van der Waals surface area contributed by atoms with Crippen molar-refractivity contribution in [2.75, 3.05) is 10.6 Å². The molecule has 2 heterocycles. The van der Waals surface area contributed by atoms with Crippen LogP contribution in [0.4, 0.5) is 11.8 Å². The number of nitrogens with zero attached hydrogens (tertiary/aromatic N) is 3. The minimum Gasteiger partial charge on any atom is -0.481 e. The first-order valence-corrected chi connectivity index (χ1v) is 8.95. The Morgan fingerprint density at radius 2 is 2.04 bits per heavy atom. The lowest BCUT2D eigenvalue weighted by Gasteiger charge is -2.16. The van der Waals surface area contributed by atoms with Crippen molar-refractivity contribution >= 4 is 28.6 Å². The Morgan fingerprint density at radius 3 is 2.65 bits per heavy atom. The van der Waals surface area contributed by atoms with Crippen LogP contribution in [0.1, 0.15) is 51.8 Å². The molecule has 0 amide bonds. The van der Waals surface area contributed by atoms with Gasteiger partial charge in [-0.2, -0.15) is 0 Å². The van der Waals surface area contributed by atoms with Gasteiger partial charge in [-0.25, -0.2) is 15.0 Å². The highest BCUT2D eigenvalue weighted by atomic mass is 16.4. The number of aliphatic hydroxyl groups excluding tert-OH is 1. The number of aromatic nitrogens is 3. The van der Waals surface area contributed by atoms with E-state index in [-0.39, 0.29) is 18.0 Å². The van der Waals surface area contributed by atoms with Gasteiger partial charge in [-0.15, -0.1) is 0 Å². The van der Waals surface area contributed by atoms with Gasteiger partial charge in [-0.05, 0) is 46.1 Å². The Morgan fingerprint density at radius 1 is 1.27 bits per heavy atom. The van der Waals surface area contributed by atoms with Crippen molar-refractivity contribution in [2.45, 2.75) is 58.2 Å². The zero-order valence-electron chi connectivity index (χ0n) is 15.2. The van der Waals surface area contributed by atoms with E-state index < -0.39 is 12.1 Å². The number of hydrogen-bond donors (Lipinski definition) is 4. The zero-order valence-corrected chi connectivity index (χ0v) is 15.2. The van der Waals surface area contributed by atoms with Crippen LogP contribution in [0.5, 0.6) is 0 Å². The summed E-state index contributed by atoms with van der Waals surface area (Å²) in [7, 11) is 0. The average molecular weight is 359 g/mol. The second-order valence-corrected chi connectivity index (χ2v) is 7.19. The van der Waals surface area contributed by atoms with E-state index in [0.717, 1.165) is 11.8 Å². The first kappa shape index (κ1) is 18.3. The molecule has 1 aliphatic rings. The first-order chi connectivity index (χ1) is 12.3. The third-order valence-electron chi connectivity index (χ3n) is 4.55. The summed E-state index contributed by atoms with van der Waals surface area (Å²) < 4.78 is 0. The molecule has 0 saturated heterocycles. The van der Waals surface area contributed by atoms with E-state index in [1.165, 1.54) is 0 Å². The Bertz CT molecular complexity index is 809. The van der Waals surface area contributed by atoms with Gasteiger partial charge < -0.3 is 20.8 Å². The van der Waals surface area contributed by atoms with Crippen molar-refractivity contribution < 1.29 is 15.0 Å². The molecule has 4 N–H and O–H groups in total. The quantitative estimate of drug-likeness (QED) is 0.621. The second kappa shape index (κ2) is 7.41. The Balaban J connectivity index is 1.89. The molecule has 3 atom stereocenters. The van der Waals surface area contributed by atoms with Gasteiger partial charge in [0.25, 0.3) is 0 Å². The largest absolute Gasteiger partial charge is 0.481 e. The second-order valence-electron chi connectivity index (χ2n) is 7.19. The van der Waals surface area contributed by atoms with Crippen molar-refractivity contribution in [1.82, 2.24) is 15.0 Å². The third-order valence-corrected chi connectivity index (χ3v) is 4.55. The maximum Gasteiger partial charge on any atom is 0.306 e. The number of pyridine rings is 1. The fourth-order valence-corrected chi connectivity index (χ4v) is 3.24. The zero-order chi connectivity index (χ0) is 18.8. The van der Waals surface area contributed by atoms with E-state index in [4.69, 9.17) is 5.11 Å². The van der Waals surface area contributed by atoms with Crippen molar-refractivity contribution in [3.63, 3.8) is 0 Å². The Kier molecular flexibility index (Phi) is 5.22. The summed E-state index contributed by atoms with van der Waals surface area (Å²) in [5, 5.41) is 26.3. The van der Waals surface area contributed by atoms with Gasteiger partial charge in [-0.1, -0.05) is 0 Å². The minimum atomic E-state index is -0.744. The number of fused-ring (bicyclic) bond motifs is 1. The molecular weight excluding hydrogens is 334 g/mol. The van der Waals surface area contributed by atoms with E-state index >= 15 is 0 Å². The lowest BCUT2D eigenvalue weighted by atomic mass is 10.1. The van der Waals surface area contributed by atoms with E-state index in [0.29, 0.717) is 35.8 Å². The van der Waals surface area contributed by atoms with Gasteiger partial charge in [-0.3, -0.25) is 4.79 Å². The molecule has 1 unspecified atom stereocenters. The number of carboxylic acids is 1. The number of nitrogens with one attached hydrogen (secondary N) is 2. The topological polar surface area (TPSA) is 120 Å². The number of aliphatic hydroxyl groups is 1. The van der Waals surface area contributed by atoms with E-state index in [9.17, 15) is 9.90 Å². The highest BCUT2D eigenvalue weighted by Crippen LogP contribution is 2.29. The van der Waals surface area contributed by atoms with Gasteiger partial charge in [0.2, 0.25) is 5.95 Å². The molecule has 0 aromatic carbocycles. The lowest BCUT2D eigenvalue weighted by Crippen LogP contribution is -2.19. The number of anilines is 2. The van der Waals surface area contributed by atoms with Crippen LogP contribution in [0.15, 0.2) is 12.3 Å². The SMILES string of the molecule is CC(C)Nc1nc(C(C)O)cc2cnc(N[C@H]3CC[C@@H](C(=O)O)C3)nc12. The molecule has 1 fully saturated rings. The predicted molar refractivity (Wildman–Crippen MR) is 99.1 cm³/mol. The van der Waals surface area contributed by atoms with Gasteiger partial charge in [0.15, 0.2) is 5.82 Å². The molecule has 2 aromatic rings. The predicted octanol–water partition coefficient (Wildman–Crippen LogP) is 2.56. The van der Waals surface area contributed by atoms with Crippen molar-refractivity contribution in [3.8, 4) is 0 Å². The maximum atomic E-state index is 11.1. The average Bonchev–Trinajstić information content (AvgIpc) is 3.03. The molecule has 3 rings (SSSR count). The van der Waals surface area contributed by atoms with E-state index in [2.05, 4.69) is 25.6 Å². The van der Waals surface area contributed by atoms with Crippen LogP contribution in [0, 0.1) is 5.92 Å². The summed E-state index contributed by atoms with van der Waals surface area (Å²) in [5.41, 5.74) is 1.23. The molecule has 26 heavy (non-hydrogen) atoms. The standard InChI is InChI=1S/C18H25N5O3/c1-9(2)20-16-15-12(7-14(22-16)10(3)24)8-19-18(23-15)21-13-5-4-11(6-13)17(25)26/h7-11,13,24H,4-6H2,1-3H3,(H,20,22)(H,25,26)(H,19,21,23)/t10?,11-,13+/m1/s1. The number of carbonyl (C=O) groups is 1. The van der Waals surface area contributed by atoms with Crippen LogP contribution in [0.3, 0.4) is 0 Å². The molecule has 1 aliphatic carbocycles. The highest BCUT2D eigenvalue weighted by molar-refractivity contribution is 5.89. The number of hydrogen-bond acceptors (Lipinski definition) is 7. The van der Waals surface area contributed by atoms with Crippen molar-refractivity contribution in [2.24, 2.45) is 5.92 Å². The summed E-state index contributed by atoms with van der Waals surface area (Å²) in [6.45, 7) is 5.68. The minimum absolute atomic E-state index is 0.0553. The molecule has 2 aromatic heterocycles. The molecule has 0 radical (unpaired) electrons. The molecular formula is C18H25N5O3. The van der Waals surface area contributed by atoms with Crippen LogP contribution in [0.25, 0.3) is 10.9 Å². The molecule has 140 valence electrons. The molecule has 0 spiro atoms. The van der Waals surface area contributed by atoms with Gasteiger partial charge in [0, 0.05) is 23.7 Å². The van der Waals surface area contributed by atoms with Gasteiger partial charge in [0.05, 0.1) is 17.7 Å². The molecule has 1 saturated carbocycles. The fourth-order valence-electron chi connectivity index (χ4n) is 3.24. The highest BCUT2D eigenvalue weighted by Gasteiger charge is 2.30. The van der Waals surface area contributed by atoms with Crippen LogP contribution in [-0.4, -0.2) is 43.2 Å². The molecule has 8 heteroatoms. The lowest BCUT2D eigenvalue weighted by molar-refractivity contribution is -0.141. The van der Waals surface area contributed by atoms with E-state index in [1.54, 1.807) is 19.2 Å². The van der Waals surface area contributed by atoms with Crippen molar-refractivity contribution in [3.05, 3.63) is 18.0 Å². The fraction of sp³-hybridized carbons (Fsp3) is 0.556. The van der Waals surface area contributed by atoms with E-state index in [1.807, 2.05) is 13.8 Å². The molecule has 0 bridgehead atoms.